The first-order chi connectivity index (χ1) is 8.31. The summed E-state index contributed by atoms with van der Waals surface area (Å²) in [4.78, 5) is 22.3. The zero-order valence-electron chi connectivity index (χ0n) is 11.1. The Labute approximate surface area is 106 Å². The van der Waals surface area contributed by atoms with E-state index in [1.807, 2.05) is 0 Å². The molecule has 0 fully saturated rings. The zero-order valence-corrected chi connectivity index (χ0v) is 11.1. The van der Waals surface area contributed by atoms with Crippen molar-refractivity contribution in [3.05, 3.63) is 18.0 Å². The standard InChI is InChI=1S/C12H19N3O3/c1-12(2,3)18-11(17)14-10(5-6-16)9-7-13-15(4)8-9/h6-8,10H,5H2,1-4H3,(H,14,17)/t10-/m0/s1. The van der Waals surface area contributed by atoms with Crippen LogP contribution in [0.15, 0.2) is 12.4 Å². The van der Waals surface area contributed by atoms with Crippen LogP contribution in [0.2, 0.25) is 0 Å². The third-order valence-corrected chi connectivity index (χ3v) is 2.15. The van der Waals surface area contributed by atoms with Gasteiger partial charge in [-0.3, -0.25) is 4.68 Å². The van der Waals surface area contributed by atoms with Gasteiger partial charge in [0.05, 0.1) is 12.2 Å². The van der Waals surface area contributed by atoms with E-state index < -0.39 is 17.7 Å². The van der Waals surface area contributed by atoms with Crippen molar-refractivity contribution in [2.45, 2.75) is 38.8 Å². The normalized spacial score (nSPS) is 12.9. The van der Waals surface area contributed by atoms with Crippen molar-refractivity contribution in [1.29, 1.82) is 0 Å². The van der Waals surface area contributed by atoms with Crippen molar-refractivity contribution in [3.8, 4) is 0 Å². The molecular formula is C12H19N3O3. The fourth-order valence-corrected chi connectivity index (χ4v) is 1.44. The Morgan fingerprint density at radius 2 is 2.28 bits per heavy atom. The summed E-state index contributed by atoms with van der Waals surface area (Å²) in [6.45, 7) is 5.35. The van der Waals surface area contributed by atoms with E-state index in [1.54, 1.807) is 44.9 Å². The maximum atomic E-state index is 11.6. The number of aldehydes is 1. The molecule has 0 bridgehead atoms. The minimum absolute atomic E-state index is 0.185. The summed E-state index contributed by atoms with van der Waals surface area (Å²) in [7, 11) is 1.77. The second kappa shape index (κ2) is 5.66. The van der Waals surface area contributed by atoms with E-state index in [4.69, 9.17) is 4.74 Å². The number of nitrogens with zero attached hydrogens (tertiary/aromatic N) is 2. The van der Waals surface area contributed by atoms with Crippen LogP contribution in [0.1, 0.15) is 38.8 Å². The molecule has 1 rings (SSSR count). The monoisotopic (exact) mass is 253 g/mol. The van der Waals surface area contributed by atoms with Gasteiger partial charge in [-0.25, -0.2) is 4.79 Å². The van der Waals surface area contributed by atoms with Crippen molar-refractivity contribution in [3.63, 3.8) is 0 Å². The Hall–Kier alpha value is -1.85. The summed E-state index contributed by atoms with van der Waals surface area (Å²) in [5, 5.41) is 6.67. The molecule has 1 atom stereocenters. The van der Waals surface area contributed by atoms with Gasteiger partial charge in [0.1, 0.15) is 11.9 Å². The van der Waals surface area contributed by atoms with Gasteiger partial charge < -0.3 is 14.8 Å². The van der Waals surface area contributed by atoms with Crippen LogP contribution >= 0.6 is 0 Å². The van der Waals surface area contributed by atoms with Crippen molar-refractivity contribution in [2.75, 3.05) is 0 Å². The highest BCUT2D eigenvalue weighted by molar-refractivity contribution is 5.69. The van der Waals surface area contributed by atoms with Gasteiger partial charge in [0.15, 0.2) is 0 Å². The maximum absolute atomic E-state index is 11.6. The summed E-state index contributed by atoms with van der Waals surface area (Å²) in [5.41, 5.74) is 0.209. The summed E-state index contributed by atoms with van der Waals surface area (Å²) < 4.78 is 6.76. The Morgan fingerprint density at radius 3 is 2.72 bits per heavy atom. The van der Waals surface area contributed by atoms with Crippen molar-refractivity contribution >= 4 is 12.4 Å². The van der Waals surface area contributed by atoms with E-state index in [-0.39, 0.29) is 6.42 Å². The molecule has 0 aliphatic rings. The lowest BCUT2D eigenvalue weighted by Crippen LogP contribution is -2.35. The Morgan fingerprint density at radius 1 is 1.61 bits per heavy atom. The molecule has 6 heteroatoms. The summed E-state index contributed by atoms with van der Waals surface area (Å²) in [6.07, 6.45) is 3.77. The molecule has 0 spiro atoms. The largest absolute Gasteiger partial charge is 0.444 e. The first-order valence-corrected chi connectivity index (χ1v) is 5.73. The van der Waals surface area contributed by atoms with Gasteiger partial charge in [0, 0.05) is 25.2 Å². The minimum Gasteiger partial charge on any atom is -0.444 e. The van der Waals surface area contributed by atoms with E-state index in [0.717, 1.165) is 11.8 Å². The molecular weight excluding hydrogens is 234 g/mol. The van der Waals surface area contributed by atoms with Gasteiger partial charge in [-0.2, -0.15) is 5.10 Å². The molecule has 1 heterocycles. The average molecular weight is 253 g/mol. The quantitative estimate of drug-likeness (QED) is 0.827. The topological polar surface area (TPSA) is 73.2 Å². The lowest BCUT2D eigenvalue weighted by atomic mass is 10.1. The third kappa shape index (κ3) is 4.57. The first-order valence-electron chi connectivity index (χ1n) is 5.73. The predicted molar refractivity (Wildman–Crippen MR) is 66.0 cm³/mol. The van der Waals surface area contributed by atoms with Crippen LogP contribution in [-0.2, 0) is 16.6 Å². The van der Waals surface area contributed by atoms with E-state index in [1.165, 1.54) is 0 Å². The number of ether oxygens (including phenoxy) is 1. The van der Waals surface area contributed by atoms with E-state index in [0.29, 0.717) is 0 Å². The van der Waals surface area contributed by atoms with Gasteiger partial charge >= 0.3 is 6.09 Å². The molecule has 0 saturated heterocycles. The minimum atomic E-state index is -0.565. The second-order valence-electron chi connectivity index (χ2n) is 5.05. The highest BCUT2D eigenvalue weighted by Gasteiger charge is 2.21. The summed E-state index contributed by atoms with van der Waals surface area (Å²) >= 11 is 0. The van der Waals surface area contributed by atoms with Crippen LogP contribution in [-0.4, -0.2) is 27.8 Å². The summed E-state index contributed by atoms with van der Waals surface area (Å²) in [6, 6.07) is -0.411. The van der Waals surface area contributed by atoms with Crippen LogP contribution < -0.4 is 5.32 Å². The predicted octanol–water partition coefficient (Wildman–Crippen LogP) is 1.57. The number of carbonyl (C=O) groups excluding carboxylic acids is 2. The fourth-order valence-electron chi connectivity index (χ4n) is 1.44. The molecule has 1 aromatic heterocycles. The SMILES string of the molecule is Cn1cc([C@H](CC=O)NC(=O)OC(C)(C)C)cn1. The number of alkyl carbamates (subject to hydrolysis) is 1. The number of aromatic nitrogens is 2. The Bertz CT molecular complexity index is 420. The smallest absolute Gasteiger partial charge is 0.408 e. The van der Waals surface area contributed by atoms with Gasteiger partial charge in [-0.05, 0) is 20.8 Å². The molecule has 100 valence electrons. The first kappa shape index (κ1) is 14.2. The number of amides is 1. The van der Waals surface area contributed by atoms with Crippen LogP contribution in [0.3, 0.4) is 0 Å². The molecule has 0 aliphatic carbocycles. The maximum Gasteiger partial charge on any atom is 0.408 e. The lowest BCUT2D eigenvalue weighted by Gasteiger charge is -2.22. The molecule has 0 radical (unpaired) electrons. The molecule has 18 heavy (non-hydrogen) atoms. The molecule has 0 saturated carbocycles. The van der Waals surface area contributed by atoms with Gasteiger partial charge in [-0.15, -0.1) is 0 Å². The molecule has 0 unspecified atom stereocenters. The number of carbonyl (C=O) groups is 2. The van der Waals surface area contributed by atoms with E-state index in [2.05, 4.69) is 10.4 Å². The van der Waals surface area contributed by atoms with Gasteiger partial charge in [-0.1, -0.05) is 0 Å². The van der Waals surface area contributed by atoms with Crippen molar-refractivity contribution in [1.82, 2.24) is 15.1 Å². The van der Waals surface area contributed by atoms with Gasteiger partial charge in [0.2, 0.25) is 0 Å². The number of nitrogens with one attached hydrogen (secondary N) is 1. The van der Waals surface area contributed by atoms with Crippen molar-refractivity contribution < 1.29 is 14.3 Å². The molecule has 0 aliphatic heterocycles. The molecule has 0 aromatic carbocycles. The van der Waals surface area contributed by atoms with Crippen LogP contribution in [0.4, 0.5) is 4.79 Å². The van der Waals surface area contributed by atoms with Gasteiger partial charge in [0.25, 0.3) is 0 Å². The average Bonchev–Trinajstić information content (AvgIpc) is 2.61. The molecule has 1 aromatic rings. The molecule has 1 N–H and O–H groups in total. The highest BCUT2D eigenvalue weighted by Crippen LogP contribution is 2.16. The van der Waals surface area contributed by atoms with Crippen molar-refractivity contribution in [2.24, 2.45) is 7.05 Å². The Kier molecular flexibility index (Phi) is 4.47. The number of hydrogen-bond donors (Lipinski definition) is 1. The van der Waals surface area contributed by atoms with E-state index in [9.17, 15) is 9.59 Å². The zero-order chi connectivity index (χ0) is 13.8. The third-order valence-electron chi connectivity index (χ3n) is 2.15. The number of aryl methyl sites for hydroxylation is 1. The lowest BCUT2D eigenvalue weighted by molar-refractivity contribution is -0.108. The van der Waals surface area contributed by atoms with Crippen LogP contribution in [0.25, 0.3) is 0 Å². The number of rotatable bonds is 4. The molecule has 6 nitrogen and oxygen atoms in total. The molecule has 1 amide bonds. The Balaban J connectivity index is 2.69. The van der Waals surface area contributed by atoms with Crippen LogP contribution in [0.5, 0.6) is 0 Å². The highest BCUT2D eigenvalue weighted by atomic mass is 16.6. The number of hydrogen-bond acceptors (Lipinski definition) is 4. The fraction of sp³-hybridized carbons (Fsp3) is 0.583. The summed E-state index contributed by atoms with van der Waals surface area (Å²) in [5.74, 6) is 0. The second-order valence-corrected chi connectivity index (χ2v) is 5.05. The van der Waals surface area contributed by atoms with E-state index >= 15 is 0 Å². The van der Waals surface area contributed by atoms with Crippen LogP contribution in [0, 0.1) is 0 Å².